The summed E-state index contributed by atoms with van der Waals surface area (Å²) >= 11 is 7.61. The lowest BCUT2D eigenvalue weighted by atomic mass is 9.85. The lowest BCUT2D eigenvalue weighted by Gasteiger charge is -2.31. The van der Waals surface area contributed by atoms with E-state index in [4.69, 9.17) is 31.0 Å². The number of carboxylic acids is 1. The smallest absolute Gasteiger partial charge is 0.475 e. The highest BCUT2D eigenvalue weighted by molar-refractivity contribution is 8.18. The number of aromatic nitrogens is 1. The Hall–Kier alpha value is -4.67. The molecule has 2 fully saturated rings. The molecule has 1 saturated carbocycles. The van der Waals surface area contributed by atoms with Gasteiger partial charge >= 0.3 is 18.1 Å². The van der Waals surface area contributed by atoms with Crippen LogP contribution < -0.4 is 15.5 Å². The Morgan fingerprint density at radius 2 is 1.88 bits per heavy atom. The zero-order valence-electron chi connectivity index (χ0n) is 26.5. The first kappa shape index (κ1) is 36.6. The van der Waals surface area contributed by atoms with E-state index in [1.54, 1.807) is 37.4 Å². The van der Waals surface area contributed by atoms with Crippen molar-refractivity contribution in [3.8, 4) is 0 Å². The van der Waals surface area contributed by atoms with Crippen molar-refractivity contribution in [1.29, 1.82) is 0 Å². The molecule has 3 heterocycles. The SMILES string of the molecule is CCOC(=O)c1cnc2ccc(/C=C3\SC(Nc4cc(NC(=O)C5CCC5)ccc4Cl)=NC3=O)cc2c1N1CCOCC1.O=C(O)C(F)(F)F. The molecule has 0 atom stereocenters. The number of thioether (sulfide) groups is 1. The summed E-state index contributed by atoms with van der Waals surface area (Å²) in [5.74, 6) is -3.51. The van der Waals surface area contributed by atoms with Crippen molar-refractivity contribution in [3.63, 3.8) is 0 Å². The third-order valence-electron chi connectivity index (χ3n) is 7.80. The fourth-order valence-electron chi connectivity index (χ4n) is 5.11. The van der Waals surface area contributed by atoms with Crippen molar-refractivity contribution in [2.75, 3.05) is 48.4 Å². The molecule has 1 aromatic heterocycles. The Bertz CT molecular complexity index is 1880. The highest BCUT2D eigenvalue weighted by atomic mass is 35.5. The van der Waals surface area contributed by atoms with Gasteiger partial charge in [0.2, 0.25) is 5.91 Å². The van der Waals surface area contributed by atoms with Crippen LogP contribution >= 0.6 is 23.4 Å². The Labute approximate surface area is 293 Å². The molecule has 12 nitrogen and oxygen atoms in total. The fraction of sp³-hybridized carbons (Fsp3) is 0.333. The number of amides is 2. The zero-order chi connectivity index (χ0) is 36.0. The number of benzene rings is 2. The summed E-state index contributed by atoms with van der Waals surface area (Å²) in [5, 5.41) is 14.8. The average Bonchev–Trinajstić information content (AvgIpc) is 3.39. The number of alkyl halides is 3. The van der Waals surface area contributed by atoms with Gasteiger partial charge in [-0.2, -0.15) is 18.2 Å². The van der Waals surface area contributed by atoms with Crippen molar-refractivity contribution in [2.24, 2.45) is 10.9 Å². The molecule has 2 aromatic carbocycles. The van der Waals surface area contributed by atoms with E-state index in [9.17, 15) is 27.6 Å². The van der Waals surface area contributed by atoms with Crippen LogP contribution in [-0.4, -0.2) is 78.1 Å². The van der Waals surface area contributed by atoms with E-state index in [0.717, 1.165) is 41.4 Å². The minimum absolute atomic E-state index is 0.00393. The summed E-state index contributed by atoms with van der Waals surface area (Å²) < 4.78 is 42.6. The van der Waals surface area contributed by atoms with Gasteiger partial charge in [-0.1, -0.05) is 24.1 Å². The number of nitrogens with zero attached hydrogens (tertiary/aromatic N) is 3. The molecular weight excluding hydrogens is 703 g/mol. The minimum Gasteiger partial charge on any atom is -0.475 e. The van der Waals surface area contributed by atoms with Crippen molar-refractivity contribution in [3.05, 3.63) is 63.6 Å². The van der Waals surface area contributed by atoms with E-state index in [0.29, 0.717) is 58.3 Å². The predicted molar refractivity (Wildman–Crippen MR) is 183 cm³/mol. The maximum Gasteiger partial charge on any atom is 0.490 e. The normalized spacial score (nSPS) is 17.1. The lowest BCUT2D eigenvalue weighted by molar-refractivity contribution is -0.192. The fourth-order valence-corrected chi connectivity index (χ4v) is 6.11. The molecule has 2 amide bonds. The second-order valence-electron chi connectivity index (χ2n) is 11.2. The molecule has 2 aliphatic heterocycles. The summed E-state index contributed by atoms with van der Waals surface area (Å²) in [5.41, 5.74) is 3.78. The van der Waals surface area contributed by atoms with Crippen LogP contribution in [-0.2, 0) is 23.9 Å². The Kier molecular flexibility index (Phi) is 11.6. The number of hydrogen-bond donors (Lipinski definition) is 3. The number of halogens is 4. The predicted octanol–water partition coefficient (Wildman–Crippen LogP) is 6.36. The van der Waals surface area contributed by atoms with Crippen molar-refractivity contribution in [2.45, 2.75) is 32.4 Å². The number of ether oxygens (including phenoxy) is 2. The molecule has 6 rings (SSSR count). The number of aliphatic imine (C=N–C) groups is 1. The van der Waals surface area contributed by atoms with E-state index in [-0.39, 0.29) is 24.3 Å². The topological polar surface area (TPSA) is 160 Å². The van der Waals surface area contributed by atoms with Gasteiger partial charge in [-0.3, -0.25) is 14.6 Å². The number of nitrogens with one attached hydrogen (secondary N) is 2. The third-order valence-corrected chi connectivity index (χ3v) is 9.03. The molecule has 0 unspecified atom stereocenters. The van der Waals surface area contributed by atoms with E-state index in [1.165, 1.54) is 11.8 Å². The number of anilines is 3. The molecule has 0 spiro atoms. The molecule has 1 aliphatic carbocycles. The molecular formula is C33H31ClF3N5O7S. The zero-order valence-corrected chi connectivity index (χ0v) is 28.1. The minimum atomic E-state index is -5.08. The van der Waals surface area contributed by atoms with Crippen LogP contribution in [0.2, 0.25) is 5.02 Å². The first-order valence-electron chi connectivity index (χ1n) is 15.5. The quantitative estimate of drug-likeness (QED) is 0.183. The van der Waals surface area contributed by atoms with Gasteiger partial charge in [-0.25, -0.2) is 9.59 Å². The molecule has 0 bridgehead atoms. The lowest BCUT2D eigenvalue weighted by Crippen LogP contribution is -2.37. The molecule has 3 aliphatic rings. The maximum absolute atomic E-state index is 12.9. The number of esters is 1. The molecule has 3 aromatic rings. The second kappa shape index (κ2) is 15.9. The number of rotatable bonds is 7. The summed E-state index contributed by atoms with van der Waals surface area (Å²) in [6.45, 7) is 4.38. The van der Waals surface area contributed by atoms with Gasteiger partial charge < -0.3 is 30.1 Å². The highest BCUT2D eigenvalue weighted by Gasteiger charge is 2.38. The highest BCUT2D eigenvalue weighted by Crippen LogP contribution is 2.36. The average molecular weight is 734 g/mol. The molecule has 50 heavy (non-hydrogen) atoms. The first-order chi connectivity index (χ1) is 23.8. The van der Waals surface area contributed by atoms with Crippen LogP contribution in [0.3, 0.4) is 0 Å². The summed E-state index contributed by atoms with van der Waals surface area (Å²) in [6, 6.07) is 10.8. The van der Waals surface area contributed by atoms with E-state index < -0.39 is 18.1 Å². The van der Waals surface area contributed by atoms with Gasteiger partial charge in [0.25, 0.3) is 5.91 Å². The van der Waals surface area contributed by atoms with Gasteiger partial charge in [-0.05, 0) is 73.5 Å². The number of morpholine rings is 1. The molecule has 0 radical (unpaired) electrons. The van der Waals surface area contributed by atoms with Crippen LogP contribution in [0.5, 0.6) is 0 Å². The van der Waals surface area contributed by atoms with E-state index in [1.807, 2.05) is 18.2 Å². The first-order valence-corrected chi connectivity index (χ1v) is 16.7. The maximum atomic E-state index is 12.9. The van der Waals surface area contributed by atoms with Crippen molar-refractivity contribution in [1.82, 2.24) is 4.98 Å². The number of fused-ring (bicyclic) bond motifs is 1. The number of hydrogen-bond acceptors (Lipinski definition) is 10. The van der Waals surface area contributed by atoms with Crippen molar-refractivity contribution < 1.29 is 46.9 Å². The summed E-state index contributed by atoms with van der Waals surface area (Å²) in [7, 11) is 0. The Balaban J connectivity index is 0.000000630. The van der Waals surface area contributed by atoms with Crippen LogP contribution in [0.15, 0.2) is 52.5 Å². The summed E-state index contributed by atoms with van der Waals surface area (Å²) in [4.78, 5) is 58.3. The standard InChI is InChI=1S/C31H30ClN5O5S.C2HF3O2/c1-2-42-30(40)22-17-33-24-9-6-18(14-21(24)27(22)37-10-12-41-13-11-37)15-26-29(39)36-31(43-26)35-25-16-20(7-8-23(25)32)34-28(38)19-4-3-5-19;3-2(4,5)1(6)7/h6-9,14-17,19H,2-5,10-13H2,1H3,(H,34,38)(H,35,36,39);(H,6,7)/b26-15-;. The van der Waals surface area contributed by atoms with E-state index in [2.05, 4.69) is 25.5 Å². The van der Waals surface area contributed by atoms with Gasteiger partial charge in [-0.15, -0.1) is 0 Å². The van der Waals surface area contributed by atoms with Gasteiger partial charge in [0.05, 0.1) is 46.6 Å². The van der Waals surface area contributed by atoms with Gasteiger partial charge in [0.1, 0.15) is 5.56 Å². The Morgan fingerprint density at radius 1 is 1.16 bits per heavy atom. The van der Waals surface area contributed by atoms with Crippen LogP contribution in [0.4, 0.5) is 30.2 Å². The number of carbonyl (C=O) groups is 4. The number of pyridine rings is 1. The number of amidine groups is 1. The number of carboxylic acid groups (broad SMARTS) is 1. The van der Waals surface area contributed by atoms with Gasteiger partial charge in [0.15, 0.2) is 5.17 Å². The van der Waals surface area contributed by atoms with Crippen LogP contribution in [0, 0.1) is 5.92 Å². The van der Waals surface area contributed by atoms with Crippen LogP contribution in [0.25, 0.3) is 17.0 Å². The Morgan fingerprint density at radius 3 is 2.52 bits per heavy atom. The monoisotopic (exact) mass is 733 g/mol. The second-order valence-corrected chi connectivity index (χ2v) is 12.6. The van der Waals surface area contributed by atoms with Crippen LogP contribution in [0.1, 0.15) is 42.1 Å². The number of carbonyl (C=O) groups excluding carboxylic acids is 3. The molecule has 264 valence electrons. The van der Waals surface area contributed by atoms with Gasteiger partial charge in [0, 0.05) is 36.3 Å². The largest absolute Gasteiger partial charge is 0.490 e. The third kappa shape index (κ3) is 8.91. The molecule has 17 heteroatoms. The molecule has 3 N–H and O–H groups in total. The van der Waals surface area contributed by atoms with Crippen molar-refractivity contribution >= 4 is 86.3 Å². The van der Waals surface area contributed by atoms with E-state index >= 15 is 0 Å². The molecule has 1 saturated heterocycles. The number of aliphatic carboxylic acids is 1. The summed E-state index contributed by atoms with van der Waals surface area (Å²) in [6.07, 6.45) is 1.13.